The van der Waals surface area contributed by atoms with Crippen LogP contribution in [0, 0.1) is 11.3 Å². The smallest absolute Gasteiger partial charge is 0.242 e. The van der Waals surface area contributed by atoms with Crippen molar-refractivity contribution in [2.75, 3.05) is 0 Å². The van der Waals surface area contributed by atoms with Crippen LogP contribution in [0.4, 0.5) is 0 Å². The number of hydrogen-bond acceptors (Lipinski definition) is 5. The van der Waals surface area contributed by atoms with Gasteiger partial charge in [-0.1, -0.05) is 93.6 Å². The lowest BCUT2D eigenvalue weighted by Gasteiger charge is -2.31. The third kappa shape index (κ3) is 9.78. The molecule has 1 aliphatic carbocycles. The summed E-state index contributed by atoms with van der Waals surface area (Å²) in [5.74, 6) is -1.15. The molecule has 0 radical (unpaired) electrons. The molecule has 2 unspecified atom stereocenters. The van der Waals surface area contributed by atoms with E-state index >= 15 is 0 Å². The highest BCUT2D eigenvalue weighted by atomic mass is 32.2. The fraction of sp³-hybridized carbons (Fsp3) is 0.483. The second-order valence-corrected chi connectivity index (χ2v) is 12.0. The molecule has 3 rings (SSSR count). The lowest BCUT2D eigenvalue weighted by atomic mass is 9.84. The Morgan fingerprint density at radius 2 is 1.64 bits per heavy atom. The second kappa shape index (κ2) is 14.8. The molecule has 2 atom stereocenters. The monoisotopic (exact) mass is 555 g/mol. The van der Waals surface area contributed by atoms with Crippen LogP contribution < -0.4 is 21.1 Å². The highest BCUT2D eigenvalue weighted by Gasteiger charge is 2.35. The van der Waals surface area contributed by atoms with E-state index in [1.54, 1.807) is 48.5 Å². The van der Waals surface area contributed by atoms with Gasteiger partial charge in [-0.3, -0.25) is 15.0 Å². The minimum absolute atomic E-state index is 0.0279. The molecule has 9 nitrogen and oxygen atoms in total. The van der Waals surface area contributed by atoms with Crippen LogP contribution in [0.3, 0.4) is 0 Å². The fourth-order valence-corrected chi connectivity index (χ4v) is 6.31. The predicted octanol–water partition coefficient (Wildman–Crippen LogP) is 3.33. The lowest BCUT2D eigenvalue weighted by Crippen LogP contribution is -2.56. The van der Waals surface area contributed by atoms with Crippen molar-refractivity contribution in [3.63, 3.8) is 0 Å². The Morgan fingerprint density at radius 3 is 2.26 bits per heavy atom. The van der Waals surface area contributed by atoms with Gasteiger partial charge in [0.25, 0.3) is 0 Å². The molecular weight excluding hydrogens is 514 g/mol. The standard InChI is InChI=1S/C29H41N5O4S/c1-2-3-14-25(28(35)32-19-21-15-17-24(18-16-21)27(30)31)33-29(36)26(23-12-8-5-9-13-23)34-39(37,38)20-22-10-6-4-7-11-22/h4,6-7,10-11,15-18,23,25-26,34H,2-3,5,8-9,12-14,19-20H2,1H3,(H3,30,31)(H,32,35)(H,33,36). The SMILES string of the molecule is CCCCC(NC(=O)C(NS(=O)(=O)Cc1ccccc1)C1CCCCC1)C(=O)NCc1ccc(C(=N)N)cc1. The van der Waals surface area contributed by atoms with Crippen molar-refractivity contribution in [1.29, 1.82) is 5.41 Å². The molecule has 1 saturated carbocycles. The fourth-order valence-electron chi connectivity index (χ4n) is 4.91. The summed E-state index contributed by atoms with van der Waals surface area (Å²) in [4.78, 5) is 26.7. The van der Waals surface area contributed by atoms with E-state index in [1.165, 1.54) is 0 Å². The molecule has 0 aromatic heterocycles. The zero-order chi connectivity index (χ0) is 28.3. The molecule has 2 aromatic rings. The second-order valence-electron chi connectivity index (χ2n) is 10.3. The van der Waals surface area contributed by atoms with Crippen molar-refractivity contribution < 1.29 is 18.0 Å². The van der Waals surface area contributed by atoms with E-state index in [-0.39, 0.29) is 30.0 Å². The molecule has 212 valence electrons. The summed E-state index contributed by atoms with van der Waals surface area (Å²) in [6.07, 6.45) is 6.50. The van der Waals surface area contributed by atoms with Crippen molar-refractivity contribution in [2.45, 2.75) is 82.7 Å². The van der Waals surface area contributed by atoms with Gasteiger partial charge in [0.05, 0.1) is 5.75 Å². The summed E-state index contributed by atoms with van der Waals surface area (Å²) < 4.78 is 28.9. The first-order valence-corrected chi connectivity index (χ1v) is 15.4. The molecule has 1 aliphatic rings. The number of amides is 2. The third-order valence-corrected chi connectivity index (χ3v) is 8.45. The molecule has 0 heterocycles. The van der Waals surface area contributed by atoms with Crippen molar-refractivity contribution in [2.24, 2.45) is 11.7 Å². The van der Waals surface area contributed by atoms with Gasteiger partial charge in [-0.25, -0.2) is 13.1 Å². The molecule has 0 saturated heterocycles. The zero-order valence-electron chi connectivity index (χ0n) is 22.6. The number of carbonyl (C=O) groups excluding carboxylic acids is 2. The molecule has 39 heavy (non-hydrogen) atoms. The van der Waals surface area contributed by atoms with Crippen molar-refractivity contribution in [1.82, 2.24) is 15.4 Å². The Kier molecular flexibility index (Phi) is 11.5. The number of nitrogen functional groups attached to an aromatic ring is 1. The zero-order valence-corrected chi connectivity index (χ0v) is 23.4. The van der Waals surface area contributed by atoms with Crippen molar-refractivity contribution >= 4 is 27.7 Å². The Hall–Kier alpha value is -3.24. The van der Waals surface area contributed by atoms with Crippen molar-refractivity contribution in [3.8, 4) is 0 Å². The maximum absolute atomic E-state index is 13.6. The number of nitrogens with two attached hydrogens (primary N) is 1. The van der Waals surface area contributed by atoms with Crippen LogP contribution in [-0.2, 0) is 31.9 Å². The average molecular weight is 556 g/mol. The van der Waals surface area contributed by atoms with E-state index in [1.807, 2.05) is 13.0 Å². The summed E-state index contributed by atoms with van der Waals surface area (Å²) in [6.45, 7) is 2.27. The minimum Gasteiger partial charge on any atom is -0.384 e. The van der Waals surface area contributed by atoms with Crippen LogP contribution in [0.1, 0.15) is 75.0 Å². The number of amidine groups is 1. The number of benzene rings is 2. The summed E-state index contributed by atoms with van der Waals surface area (Å²) >= 11 is 0. The number of nitrogens with one attached hydrogen (secondary N) is 4. The molecule has 0 spiro atoms. The molecule has 10 heteroatoms. The van der Waals surface area contributed by atoms with Gasteiger partial charge < -0.3 is 16.4 Å². The van der Waals surface area contributed by atoms with E-state index in [0.29, 0.717) is 17.5 Å². The van der Waals surface area contributed by atoms with Crippen LogP contribution in [-0.4, -0.2) is 38.2 Å². The summed E-state index contributed by atoms with van der Waals surface area (Å²) in [5, 5.41) is 13.3. The van der Waals surface area contributed by atoms with Crippen molar-refractivity contribution in [3.05, 3.63) is 71.3 Å². The van der Waals surface area contributed by atoms with Gasteiger partial charge in [0.15, 0.2) is 0 Å². The van der Waals surface area contributed by atoms with Crippen LogP contribution in [0.5, 0.6) is 0 Å². The van der Waals surface area contributed by atoms with Crippen LogP contribution in [0.15, 0.2) is 54.6 Å². The Balaban J connectivity index is 1.70. The van der Waals surface area contributed by atoms with Gasteiger partial charge in [0, 0.05) is 12.1 Å². The average Bonchev–Trinajstić information content (AvgIpc) is 2.93. The molecule has 0 bridgehead atoms. The summed E-state index contributed by atoms with van der Waals surface area (Å²) in [5.41, 5.74) is 7.58. The third-order valence-electron chi connectivity index (χ3n) is 7.12. The Bertz CT molecular complexity index is 1200. The Labute approximate surface area is 231 Å². The molecule has 1 fully saturated rings. The van der Waals surface area contributed by atoms with Crippen LogP contribution in [0.2, 0.25) is 0 Å². The summed E-state index contributed by atoms with van der Waals surface area (Å²) in [6, 6.07) is 14.2. The van der Waals surface area contributed by atoms with E-state index in [2.05, 4.69) is 15.4 Å². The van der Waals surface area contributed by atoms with Gasteiger partial charge in [0.1, 0.15) is 17.9 Å². The minimum atomic E-state index is -3.79. The van der Waals surface area contributed by atoms with Gasteiger partial charge in [-0.15, -0.1) is 0 Å². The molecule has 2 aromatic carbocycles. The van der Waals surface area contributed by atoms with E-state index in [9.17, 15) is 18.0 Å². The topological polar surface area (TPSA) is 154 Å². The Morgan fingerprint density at radius 1 is 0.974 bits per heavy atom. The maximum Gasteiger partial charge on any atom is 0.242 e. The number of hydrogen-bond donors (Lipinski definition) is 5. The molecular formula is C29H41N5O4S. The van der Waals surface area contributed by atoms with E-state index in [4.69, 9.17) is 11.1 Å². The molecule has 2 amide bonds. The van der Waals surface area contributed by atoms with Gasteiger partial charge in [-0.05, 0) is 36.3 Å². The quantitative estimate of drug-likeness (QED) is 0.179. The first kappa shape index (κ1) is 30.3. The molecule has 6 N–H and O–H groups in total. The first-order chi connectivity index (χ1) is 18.7. The normalized spacial score (nSPS) is 15.7. The maximum atomic E-state index is 13.6. The van der Waals surface area contributed by atoms with Crippen LogP contribution in [0.25, 0.3) is 0 Å². The number of unbranched alkanes of at least 4 members (excludes halogenated alkanes) is 1. The van der Waals surface area contributed by atoms with E-state index < -0.39 is 28.0 Å². The number of carbonyl (C=O) groups is 2. The van der Waals surface area contributed by atoms with Crippen LogP contribution >= 0.6 is 0 Å². The molecule has 0 aliphatic heterocycles. The number of sulfonamides is 1. The summed E-state index contributed by atoms with van der Waals surface area (Å²) in [7, 11) is -3.79. The first-order valence-electron chi connectivity index (χ1n) is 13.7. The predicted molar refractivity (Wildman–Crippen MR) is 153 cm³/mol. The van der Waals surface area contributed by atoms with E-state index in [0.717, 1.165) is 50.5 Å². The largest absolute Gasteiger partial charge is 0.384 e. The van der Waals surface area contributed by atoms with Gasteiger partial charge in [0.2, 0.25) is 21.8 Å². The highest BCUT2D eigenvalue weighted by Crippen LogP contribution is 2.27. The van der Waals surface area contributed by atoms with Gasteiger partial charge in [-0.2, -0.15) is 0 Å². The number of rotatable bonds is 14. The van der Waals surface area contributed by atoms with Gasteiger partial charge >= 0.3 is 0 Å². The highest BCUT2D eigenvalue weighted by molar-refractivity contribution is 7.88. The lowest BCUT2D eigenvalue weighted by molar-refractivity contribution is -0.131.